The Kier molecular flexibility index (Phi) is 7.55. The van der Waals surface area contributed by atoms with Gasteiger partial charge in [0.2, 0.25) is 5.91 Å². The Morgan fingerprint density at radius 1 is 0.886 bits per heavy atom. The fourth-order valence-electron chi connectivity index (χ4n) is 4.61. The summed E-state index contributed by atoms with van der Waals surface area (Å²) in [5.74, 6) is 0.819. The summed E-state index contributed by atoms with van der Waals surface area (Å²) in [6.45, 7) is 1.09. The fraction of sp³-hybridized carbons (Fsp3) is 0.286. The monoisotopic (exact) mass is 474 g/mol. The molecule has 0 aliphatic carbocycles. The number of methoxy groups -OCH3 is 3. The van der Waals surface area contributed by atoms with Gasteiger partial charge in [0.05, 0.1) is 27.2 Å². The van der Waals surface area contributed by atoms with Gasteiger partial charge in [0.1, 0.15) is 5.75 Å². The van der Waals surface area contributed by atoms with Gasteiger partial charge in [-0.05, 0) is 29.8 Å². The smallest absolute Gasteiger partial charge is 0.254 e. The Bertz CT molecular complexity index is 1180. The lowest BCUT2D eigenvalue weighted by Gasteiger charge is -2.21. The van der Waals surface area contributed by atoms with Gasteiger partial charge >= 0.3 is 0 Å². The second kappa shape index (κ2) is 11.0. The van der Waals surface area contributed by atoms with E-state index < -0.39 is 5.92 Å². The number of nitrogens with one attached hydrogen (secondary N) is 1. The molecule has 2 atom stereocenters. The van der Waals surface area contributed by atoms with Gasteiger partial charge in [-0.3, -0.25) is 9.59 Å². The van der Waals surface area contributed by atoms with E-state index in [4.69, 9.17) is 14.2 Å². The van der Waals surface area contributed by atoms with Crippen LogP contribution in [0.15, 0.2) is 72.8 Å². The lowest BCUT2D eigenvalue weighted by Crippen LogP contribution is -2.35. The third-order valence-electron chi connectivity index (χ3n) is 6.40. The first-order valence-corrected chi connectivity index (χ1v) is 11.5. The third kappa shape index (κ3) is 5.24. The molecule has 4 rings (SSSR count). The van der Waals surface area contributed by atoms with Crippen molar-refractivity contribution in [2.75, 3.05) is 34.4 Å². The molecule has 0 aromatic heterocycles. The maximum absolute atomic E-state index is 13.4. The van der Waals surface area contributed by atoms with Gasteiger partial charge in [-0.15, -0.1) is 0 Å². The van der Waals surface area contributed by atoms with Gasteiger partial charge in [-0.1, -0.05) is 48.5 Å². The third-order valence-corrected chi connectivity index (χ3v) is 6.40. The second-order valence-corrected chi connectivity index (χ2v) is 8.44. The van der Waals surface area contributed by atoms with E-state index in [2.05, 4.69) is 5.32 Å². The minimum atomic E-state index is -0.450. The average molecular weight is 475 g/mol. The molecule has 1 saturated heterocycles. The highest BCUT2D eigenvalue weighted by Gasteiger charge is 2.42. The predicted molar refractivity (Wildman–Crippen MR) is 133 cm³/mol. The Labute approximate surface area is 205 Å². The highest BCUT2D eigenvalue weighted by atomic mass is 16.5. The zero-order chi connectivity index (χ0) is 24.8. The average Bonchev–Trinajstić information content (AvgIpc) is 3.36. The number of carbonyl (C=O) groups excluding carboxylic acids is 2. The topological polar surface area (TPSA) is 77.1 Å². The van der Waals surface area contributed by atoms with Crippen LogP contribution in [0.3, 0.4) is 0 Å². The zero-order valence-corrected chi connectivity index (χ0v) is 20.2. The van der Waals surface area contributed by atoms with Gasteiger partial charge in [-0.25, -0.2) is 0 Å². The molecule has 1 fully saturated rings. The molecule has 1 aliphatic heterocycles. The van der Waals surface area contributed by atoms with Crippen LogP contribution in [0.4, 0.5) is 0 Å². The minimum absolute atomic E-state index is 0.107. The summed E-state index contributed by atoms with van der Waals surface area (Å²) in [4.78, 5) is 28.5. The van der Waals surface area contributed by atoms with Gasteiger partial charge in [0.15, 0.2) is 11.5 Å². The SMILES string of the molecule is COc1cccc(C(=O)N2CC(C(=O)NCc3ccccc3)C(c3cccc(OC)c3OC)C2)c1. The largest absolute Gasteiger partial charge is 0.497 e. The van der Waals surface area contributed by atoms with Crippen molar-refractivity contribution >= 4 is 11.8 Å². The van der Waals surface area contributed by atoms with Gasteiger partial charge < -0.3 is 24.4 Å². The van der Waals surface area contributed by atoms with Gasteiger partial charge in [0.25, 0.3) is 5.91 Å². The molecule has 182 valence electrons. The Morgan fingerprint density at radius 3 is 2.37 bits per heavy atom. The number of nitrogens with zero attached hydrogens (tertiary/aromatic N) is 1. The quantitative estimate of drug-likeness (QED) is 0.536. The van der Waals surface area contributed by atoms with Gasteiger partial charge in [0, 0.05) is 36.7 Å². The summed E-state index contributed by atoms with van der Waals surface area (Å²) in [6.07, 6.45) is 0. The molecule has 1 aliphatic rings. The lowest BCUT2D eigenvalue weighted by molar-refractivity contribution is -0.125. The first-order chi connectivity index (χ1) is 17.0. The fourth-order valence-corrected chi connectivity index (χ4v) is 4.61. The van der Waals surface area contributed by atoms with Crippen molar-refractivity contribution < 1.29 is 23.8 Å². The molecule has 7 heteroatoms. The Morgan fingerprint density at radius 2 is 1.66 bits per heavy atom. The molecule has 2 unspecified atom stereocenters. The molecule has 0 bridgehead atoms. The maximum atomic E-state index is 13.4. The van der Waals surface area contributed by atoms with E-state index in [1.165, 1.54) is 0 Å². The number of likely N-dealkylation sites (tertiary alicyclic amines) is 1. The highest BCUT2D eigenvalue weighted by molar-refractivity contribution is 5.95. The van der Waals surface area contributed by atoms with E-state index in [1.807, 2.05) is 48.5 Å². The Hall–Kier alpha value is -4.00. The van der Waals surface area contributed by atoms with Crippen LogP contribution < -0.4 is 19.5 Å². The molecule has 3 aromatic rings. The molecule has 2 amide bonds. The number of hydrogen-bond donors (Lipinski definition) is 1. The van der Waals surface area contributed by atoms with Crippen LogP contribution in [0.25, 0.3) is 0 Å². The van der Waals surface area contributed by atoms with E-state index in [0.29, 0.717) is 42.4 Å². The normalized spacial score (nSPS) is 17.1. The summed E-state index contributed by atoms with van der Waals surface area (Å²) in [5, 5.41) is 3.06. The molecule has 35 heavy (non-hydrogen) atoms. The van der Waals surface area contributed by atoms with Crippen molar-refractivity contribution in [1.29, 1.82) is 0 Å². The van der Waals surface area contributed by atoms with E-state index in [0.717, 1.165) is 11.1 Å². The summed E-state index contributed by atoms with van der Waals surface area (Å²) in [7, 11) is 4.73. The van der Waals surface area contributed by atoms with Crippen molar-refractivity contribution in [2.24, 2.45) is 5.92 Å². The van der Waals surface area contributed by atoms with Gasteiger partial charge in [-0.2, -0.15) is 0 Å². The number of benzene rings is 3. The molecule has 0 saturated carbocycles. The van der Waals surface area contributed by atoms with Crippen LogP contribution >= 0.6 is 0 Å². The first kappa shape index (κ1) is 24.1. The molecule has 3 aromatic carbocycles. The van der Waals surface area contributed by atoms with Crippen LogP contribution in [-0.2, 0) is 11.3 Å². The number of carbonyl (C=O) groups is 2. The van der Waals surface area contributed by atoms with Crippen molar-refractivity contribution in [3.63, 3.8) is 0 Å². The first-order valence-electron chi connectivity index (χ1n) is 11.5. The predicted octanol–water partition coefficient (Wildman–Crippen LogP) is 3.88. The molecule has 0 spiro atoms. The van der Waals surface area contributed by atoms with Crippen LogP contribution in [0.1, 0.15) is 27.4 Å². The minimum Gasteiger partial charge on any atom is -0.497 e. The van der Waals surface area contributed by atoms with Crippen molar-refractivity contribution in [3.05, 3.63) is 89.5 Å². The number of rotatable bonds is 8. The van der Waals surface area contributed by atoms with E-state index in [9.17, 15) is 9.59 Å². The number of para-hydroxylation sites is 1. The standard InChI is InChI=1S/C28H30N2O5/c1-33-21-12-7-11-20(15-21)28(32)30-17-23(22-13-8-14-25(34-2)26(22)35-3)24(18-30)27(31)29-16-19-9-5-4-6-10-19/h4-15,23-24H,16-18H2,1-3H3,(H,29,31). The van der Waals surface area contributed by atoms with Crippen molar-refractivity contribution in [3.8, 4) is 17.2 Å². The van der Waals surface area contributed by atoms with E-state index in [1.54, 1.807) is 50.5 Å². The number of ether oxygens (including phenoxy) is 3. The zero-order valence-electron chi connectivity index (χ0n) is 20.2. The van der Waals surface area contributed by atoms with Crippen LogP contribution in [0, 0.1) is 5.92 Å². The summed E-state index contributed by atoms with van der Waals surface area (Å²) >= 11 is 0. The van der Waals surface area contributed by atoms with Crippen LogP contribution in [-0.4, -0.2) is 51.1 Å². The second-order valence-electron chi connectivity index (χ2n) is 8.44. The number of hydrogen-bond acceptors (Lipinski definition) is 5. The Balaban J connectivity index is 1.63. The molecular formula is C28H30N2O5. The molecule has 1 N–H and O–H groups in total. The lowest BCUT2D eigenvalue weighted by atomic mass is 9.87. The number of amides is 2. The van der Waals surface area contributed by atoms with Crippen LogP contribution in [0.2, 0.25) is 0 Å². The summed E-state index contributed by atoms with van der Waals surface area (Å²) < 4.78 is 16.4. The van der Waals surface area contributed by atoms with Crippen molar-refractivity contribution in [2.45, 2.75) is 12.5 Å². The molecule has 1 heterocycles. The van der Waals surface area contributed by atoms with E-state index in [-0.39, 0.29) is 17.7 Å². The summed E-state index contributed by atoms with van der Waals surface area (Å²) in [5.41, 5.74) is 2.37. The molecular weight excluding hydrogens is 444 g/mol. The maximum Gasteiger partial charge on any atom is 0.254 e. The molecule has 7 nitrogen and oxygen atoms in total. The highest BCUT2D eigenvalue weighted by Crippen LogP contribution is 2.42. The van der Waals surface area contributed by atoms with E-state index >= 15 is 0 Å². The summed E-state index contributed by atoms with van der Waals surface area (Å²) in [6, 6.07) is 22.4. The van der Waals surface area contributed by atoms with Crippen LogP contribution in [0.5, 0.6) is 17.2 Å². The molecule has 0 radical (unpaired) electrons. The van der Waals surface area contributed by atoms with Crippen molar-refractivity contribution in [1.82, 2.24) is 10.2 Å².